The van der Waals surface area contributed by atoms with E-state index in [1.165, 1.54) is 4.88 Å². The van der Waals surface area contributed by atoms with Gasteiger partial charge >= 0.3 is 5.97 Å². The Morgan fingerprint density at radius 3 is 2.89 bits per heavy atom. The van der Waals surface area contributed by atoms with Crippen LogP contribution < -0.4 is 0 Å². The molecule has 0 saturated carbocycles. The summed E-state index contributed by atoms with van der Waals surface area (Å²) in [6.07, 6.45) is 1.74. The van der Waals surface area contributed by atoms with Crippen molar-refractivity contribution in [3.05, 3.63) is 50.0 Å². The first-order valence-corrected chi connectivity index (χ1v) is 7.10. The highest BCUT2D eigenvalue weighted by atomic mass is 32.1. The minimum Gasteiger partial charge on any atom is -0.401 e. The Kier molecular flexibility index (Phi) is 2.85. The molecule has 0 fully saturated rings. The zero-order valence-electron chi connectivity index (χ0n) is 9.54. The van der Waals surface area contributed by atoms with E-state index in [2.05, 4.69) is 4.99 Å². The van der Waals surface area contributed by atoms with E-state index in [1.807, 2.05) is 35.9 Å². The van der Waals surface area contributed by atoms with Crippen molar-refractivity contribution >= 4 is 40.6 Å². The molecule has 1 aliphatic heterocycles. The molecule has 0 unspecified atom stereocenters. The lowest BCUT2D eigenvalue weighted by Crippen LogP contribution is -2.03. The molecule has 3 heterocycles. The molecule has 0 saturated heterocycles. The van der Waals surface area contributed by atoms with Crippen molar-refractivity contribution in [2.24, 2.45) is 4.99 Å². The summed E-state index contributed by atoms with van der Waals surface area (Å²) in [5.41, 5.74) is 1.33. The third kappa shape index (κ3) is 2.14. The maximum absolute atomic E-state index is 11.7. The van der Waals surface area contributed by atoms with Crippen LogP contribution in [-0.2, 0) is 9.53 Å². The normalized spacial score (nSPS) is 17.1. The van der Waals surface area contributed by atoms with Gasteiger partial charge in [0.1, 0.15) is 0 Å². The van der Waals surface area contributed by atoms with Gasteiger partial charge in [0.15, 0.2) is 5.70 Å². The van der Waals surface area contributed by atoms with E-state index in [1.54, 1.807) is 28.7 Å². The van der Waals surface area contributed by atoms with Gasteiger partial charge in [0.2, 0.25) is 5.90 Å². The number of aryl methyl sites for hydroxylation is 1. The number of esters is 1. The Bertz CT molecular complexity index is 650. The van der Waals surface area contributed by atoms with E-state index >= 15 is 0 Å². The molecule has 5 heteroatoms. The first-order chi connectivity index (χ1) is 8.72. The van der Waals surface area contributed by atoms with Crippen LogP contribution in [-0.4, -0.2) is 11.9 Å². The number of hydrogen-bond donors (Lipinski definition) is 0. The highest BCUT2D eigenvalue weighted by Gasteiger charge is 2.24. The number of thiophene rings is 2. The van der Waals surface area contributed by atoms with Crippen LogP contribution in [0.1, 0.15) is 15.3 Å². The number of aliphatic imine (C=N–C) groups is 1. The molecule has 0 spiro atoms. The predicted molar refractivity (Wildman–Crippen MR) is 74.0 cm³/mol. The van der Waals surface area contributed by atoms with E-state index in [9.17, 15) is 4.79 Å². The van der Waals surface area contributed by atoms with Crippen LogP contribution in [0.5, 0.6) is 0 Å². The predicted octanol–water partition coefficient (Wildman–Crippen LogP) is 3.46. The molecule has 3 rings (SSSR count). The quantitative estimate of drug-likeness (QED) is 0.622. The zero-order valence-corrected chi connectivity index (χ0v) is 11.2. The summed E-state index contributed by atoms with van der Waals surface area (Å²) >= 11 is 3.15. The van der Waals surface area contributed by atoms with Gasteiger partial charge in [-0.3, -0.25) is 0 Å². The van der Waals surface area contributed by atoms with Crippen LogP contribution in [0.15, 0.2) is 39.6 Å². The fraction of sp³-hybridized carbons (Fsp3) is 0.0769. The summed E-state index contributed by atoms with van der Waals surface area (Å²) in [7, 11) is 0. The number of carbonyl (C=O) groups excluding carboxylic acids is 1. The second-order valence-electron chi connectivity index (χ2n) is 3.80. The molecule has 90 valence electrons. The first-order valence-electron chi connectivity index (χ1n) is 5.34. The number of hydrogen-bond acceptors (Lipinski definition) is 5. The lowest BCUT2D eigenvalue weighted by molar-refractivity contribution is -0.129. The number of cyclic esters (lactones) is 1. The summed E-state index contributed by atoms with van der Waals surface area (Å²) in [4.78, 5) is 18.0. The number of rotatable bonds is 2. The number of carbonyl (C=O) groups is 1. The van der Waals surface area contributed by atoms with Gasteiger partial charge in [-0.05, 0) is 47.5 Å². The SMILES string of the molecule is Cc1ccc(C2=NC(=Cc3ccsc3)C(=O)O2)s1. The molecule has 2 aromatic rings. The molecular formula is C13H9NO2S2. The van der Waals surface area contributed by atoms with Gasteiger partial charge in [0.25, 0.3) is 0 Å². The summed E-state index contributed by atoms with van der Waals surface area (Å²) in [6.45, 7) is 2.01. The van der Waals surface area contributed by atoms with Gasteiger partial charge in [-0.25, -0.2) is 9.79 Å². The molecule has 0 aromatic carbocycles. The second kappa shape index (κ2) is 4.51. The van der Waals surface area contributed by atoms with Crippen molar-refractivity contribution in [2.75, 3.05) is 0 Å². The van der Waals surface area contributed by atoms with Crippen molar-refractivity contribution in [3.63, 3.8) is 0 Å². The van der Waals surface area contributed by atoms with E-state index in [4.69, 9.17) is 4.74 Å². The van der Waals surface area contributed by atoms with Gasteiger partial charge in [0, 0.05) is 4.88 Å². The molecule has 0 N–H and O–H groups in total. The Balaban J connectivity index is 1.94. The van der Waals surface area contributed by atoms with Crippen molar-refractivity contribution in [1.29, 1.82) is 0 Å². The Hall–Kier alpha value is -1.72. The summed E-state index contributed by atoms with van der Waals surface area (Å²) < 4.78 is 5.18. The molecule has 0 amide bonds. The molecule has 0 atom stereocenters. The maximum Gasteiger partial charge on any atom is 0.363 e. The average Bonchev–Trinajstić information content (AvgIpc) is 3.03. The third-order valence-electron chi connectivity index (χ3n) is 2.42. The average molecular weight is 275 g/mol. The summed E-state index contributed by atoms with van der Waals surface area (Å²) in [5.74, 6) is 0.0156. The van der Waals surface area contributed by atoms with Crippen LogP contribution in [0.2, 0.25) is 0 Å². The molecule has 0 bridgehead atoms. The smallest absolute Gasteiger partial charge is 0.363 e. The molecule has 0 aliphatic carbocycles. The fourth-order valence-corrected chi connectivity index (χ4v) is 2.99. The van der Waals surface area contributed by atoms with E-state index in [0.717, 1.165) is 10.4 Å². The highest BCUT2D eigenvalue weighted by Crippen LogP contribution is 2.23. The summed E-state index contributed by atoms with van der Waals surface area (Å²) in [6, 6.07) is 5.84. The van der Waals surface area contributed by atoms with E-state index in [0.29, 0.717) is 11.6 Å². The largest absolute Gasteiger partial charge is 0.401 e. The lowest BCUT2D eigenvalue weighted by Gasteiger charge is -1.92. The highest BCUT2D eigenvalue weighted by molar-refractivity contribution is 7.14. The molecular weight excluding hydrogens is 266 g/mol. The van der Waals surface area contributed by atoms with Gasteiger partial charge in [-0.15, -0.1) is 11.3 Å². The second-order valence-corrected chi connectivity index (χ2v) is 5.87. The maximum atomic E-state index is 11.7. The van der Waals surface area contributed by atoms with Crippen LogP contribution in [0.25, 0.3) is 6.08 Å². The third-order valence-corrected chi connectivity index (χ3v) is 4.11. The fourth-order valence-electron chi connectivity index (χ4n) is 1.58. The van der Waals surface area contributed by atoms with E-state index in [-0.39, 0.29) is 5.97 Å². The van der Waals surface area contributed by atoms with Gasteiger partial charge in [0.05, 0.1) is 4.88 Å². The molecule has 0 radical (unpaired) electrons. The Morgan fingerprint density at radius 1 is 1.33 bits per heavy atom. The zero-order chi connectivity index (χ0) is 12.5. The van der Waals surface area contributed by atoms with Gasteiger partial charge in [-0.1, -0.05) is 0 Å². The Morgan fingerprint density at radius 2 is 2.22 bits per heavy atom. The molecule has 18 heavy (non-hydrogen) atoms. The molecule has 2 aromatic heterocycles. The van der Waals surface area contributed by atoms with Crippen molar-refractivity contribution in [1.82, 2.24) is 0 Å². The molecule has 3 nitrogen and oxygen atoms in total. The van der Waals surface area contributed by atoms with Crippen molar-refractivity contribution in [3.8, 4) is 0 Å². The van der Waals surface area contributed by atoms with Crippen LogP contribution in [0, 0.1) is 6.92 Å². The number of nitrogens with zero attached hydrogens (tertiary/aromatic N) is 1. The minimum absolute atomic E-state index is 0.356. The monoisotopic (exact) mass is 275 g/mol. The van der Waals surface area contributed by atoms with Crippen molar-refractivity contribution < 1.29 is 9.53 Å². The van der Waals surface area contributed by atoms with Crippen LogP contribution in [0.3, 0.4) is 0 Å². The standard InChI is InChI=1S/C13H9NO2S2/c1-8-2-3-11(18-8)12-14-10(13(15)16-12)6-9-4-5-17-7-9/h2-7H,1H3. The lowest BCUT2D eigenvalue weighted by atomic mass is 10.3. The first kappa shape index (κ1) is 11.4. The topological polar surface area (TPSA) is 38.7 Å². The molecule has 1 aliphatic rings. The number of ether oxygens (including phenoxy) is 1. The minimum atomic E-state index is -0.387. The van der Waals surface area contributed by atoms with E-state index < -0.39 is 0 Å². The van der Waals surface area contributed by atoms with Gasteiger partial charge in [-0.2, -0.15) is 11.3 Å². The Labute approximate surface area is 112 Å². The summed E-state index contributed by atoms with van der Waals surface area (Å²) in [5, 5.41) is 3.92. The van der Waals surface area contributed by atoms with Crippen LogP contribution in [0.4, 0.5) is 0 Å². The van der Waals surface area contributed by atoms with Gasteiger partial charge < -0.3 is 4.74 Å². The van der Waals surface area contributed by atoms with Crippen LogP contribution >= 0.6 is 22.7 Å². The van der Waals surface area contributed by atoms with Crippen molar-refractivity contribution in [2.45, 2.75) is 6.92 Å².